The van der Waals surface area contributed by atoms with Crippen molar-refractivity contribution in [1.29, 1.82) is 0 Å². The summed E-state index contributed by atoms with van der Waals surface area (Å²) in [5, 5.41) is 9.37. The van der Waals surface area contributed by atoms with E-state index in [1.807, 2.05) is 12.1 Å². The van der Waals surface area contributed by atoms with Crippen LogP contribution >= 0.6 is 11.8 Å². The van der Waals surface area contributed by atoms with Crippen LogP contribution in [0.1, 0.15) is 25.1 Å². The van der Waals surface area contributed by atoms with Gasteiger partial charge in [0.15, 0.2) is 11.0 Å². The molecule has 0 aliphatic heterocycles. The van der Waals surface area contributed by atoms with Crippen LogP contribution in [0.2, 0.25) is 0 Å². The molecular formula is C15H18N4O3S2. The summed E-state index contributed by atoms with van der Waals surface area (Å²) in [6.45, 7) is -0.165. The van der Waals surface area contributed by atoms with Crippen LogP contribution in [0.5, 0.6) is 0 Å². The van der Waals surface area contributed by atoms with Gasteiger partial charge in [-0.2, -0.15) is 8.42 Å². The fourth-order valence-corrected chi connectivity index (χ4v) is 3.86. The first kappa shape index (κ1) is 17.1. The van der Waals surface area contributed by atoms with E-state index in [0.29, 0.717) is 16.2 Å². The van der Waals surface area contributed by atoms with Gasteiger partial charge in [-0.05, 0) is 31.4 Å². The lowest BCUT2D eigenvalue weighted by Gasteiger charge is -2.16. The van der Waals surface area contributed by atoms with Crippen LogP contribution in [-0.2, 0) is 20.9 Å². The van der Waals surface area contributed by atoms with Crippen LogP contribution in [0, 0.1) is 0 Å². The first-order valence-electron chi connectivity index (χ1n) is 7.55. The van der Waals surface area contributed by atoms with Crippen LogP contribution in [0.3, 0.4) is 0 Å². The molecule has 1 aliphatic carbocycles. The van der Waals surface area contributed by atoms with Gasteiger partial charge in [0, 0.05) is 11.4 Å². The number of aromatic nitrogens is 4. The van der Waals surface area contributed by atoms with Crippen molar-refractivity contribution < 1.29 is 12.6 Å². The summed E-state index contributed by atoms with van der Waals surface area (Å²) in [7, 11) is -3.55. The van der Waals surface area contributed by atoms with Crippen molar-refractivity contribution in [2.45, 2.75) is 36.3 Å². The third-order valence-electron chi connectivity index (χ3n) is 3.47. The minimum atomic E-state index is -3.55. The monoisotopic (exact) mass is 366 g/mol. The smallest absolute Gasteiger partial charge is 0.264 e. The summed E-state index contributed by atoms with van der Waals surface area (Å²) in [5.74, 6) is 0.427. The van der Waals surface area contributed by atoms with E-state index in [0.717, 1.165) is 31.2 Å². The normalized spacial score (nSPS) is 18.0. The summed E-state index contributed by atoms with van der Waals surface area (Å²) < 4.78 is 29.2. The molecule has 0 amide bonds. The molecule has 3 rings (SSSR count). The Bertz CT molecular complexity index is 818. The van der Waals surface area contributed by atoms with E-state index in [9.17, 15) is 8.42 Å². The fourth-order valence-electron chi connectivity index (χ4n) is 2.39. The van der Waals surface area contributed by atoms with Gasteiger partial charge in [-0.25, -0.2) is 0 Å². The van der Waals surface area contributed by atoms with Gasteiger partial charge in [-0.3, -0.25) is 13.7 Å². The maximum Gasteiger partial charge on any atom is 0.264 e. The predicted molar refractivity (Wildman–Crippen MR) is 91.4 cm³/mol. The second-order valence-electron chi connectivity index (χ2n) is 5.43. The Morgan fingerprint density at radius 1 is 1.42 bits per heavy atom. The average Bonchev–Trinajstić information content (AvgIpc) is 2.97. The van der Waals surface area contributed by atoms with Crippen LogP contribution in [-0.4, -0.2) is 39.7 Å². The van der Waals surface area contributed by atoms with E-state index in [2.05, 4.69) is 27.3 Å². The van der Waals surface area contributed by atoms with Gasteiger partial charge in [0.05, 0.1) is 18.1 Å². The third-order valence-corrected chi connectivity index (χ3v) is 5.19. The van der Waals surface area contributed by atoms with Crippen LogP contribution in [0.25, 0.3) is 5.69 Å². The van der Waals surface area contributed by atoms with E-state index in [-0.39, 0.29) is 6.61 Å². The van der Waals surface area contributed by atoms with E-state index >= 15 is 0 Å². The molecule has 1 unspecified atom stereocenters. The molecule has 0 N–H and O–H groups in total. The largest absolute Gasteiger partial charge is 0.270 e. The van der Waals surface area contributed by atoms with E-state index in [1.54, 1.807) is 28.7 Å². The van der Waals surface area contributed by atoms with Gasteiger partial charge in [0.2, 0.25) is 0 Å². The number of pyridine rings is 1. The number of rotatable bonds is 6. The maximum absolute atomic E-state index is 11.3. The zero-order chi connectivity index (χ0) is 17.0. The second-order valence-corrected chi connectivity index (χ2v) is 8.28. The number of nitrogens with zero attached hydrogens (tertiary/aromatic N) is 4. The number of allylic oxidation sites excluding steroid dienone is 1. The summed E-state index contributed by atoms with van der Waals surface area (Å²) in [6, 6.07) is 3.69. The number of hydrogen-bond donors (Lipinski definition) is 0. The SMILES string of the molecule is CS(=O)(=O)OCc1nnc(SC2C=CCCC2)n1-c1cccnc1. The molecule has 24 heavy (non-hydrogen) atoms. The topological polar surface area (TPSA) is 87.0 Å². The molecule has 0 spiro atoms. The molecule has 9 heteroatoms. The molecule has 0 bridgehead atoms. The number of thioether (sulfide) groups is 1. The molecule has 7 nitrogen and oxygen atoms in total. The predicted octanol–water partition coefficient (Wildman–Crippen LogP) is 2.34. The molecule has 1 atom stereocenters. The van der Waals surface area contributed by atoms with Gasteiger partial charge in [-0.1, -0.05) is 23.9 Å². The minimum absolute atomic E-state index is 0.165. The van der Waals surface area contributed by atoms with Gasteiger partial charge in [0.25, 0.3) is 10.1 Å². The highest BCUT2D eigenvalue weighted by Crippen LogP contribution is 2.31. The molecule has 0 aromatic carbocycles. The third kappa shape index (κ3) is 4.43. The molecule has 0 saturated carbocycles. The van der Waals surface area contributed by atoms with Crippen LogP contribution in [0.4, 0.5) is 0 Å². The summed E-state index contributed by atoms with van der Waals surface area (Å²) >= 11 is 1.61. The molecule has 0 radical (unpaired) electrons. The zero-order valence-electron chi connectivity index (χ0n) is 13.2. The minimum Gasteiger partial charge on any atom is -0.270 e. The molecular weight excluding hydrogens is 348 g/mol. The summed E-state index contributed by atoms with van der Waals surface area (Å²) in [4.78, 5) is 4.12. The highest BCUT2D eigenvalue weighted by molar-refractivity contribution is 7.99. The Balaban J connectivity index is 1.91. The Kier molecular flexibility index (Phi) is 5.32. The van der Waals surface area contributed by atoms with Gasteiger partial charge in [-0.15, -0.1) is 10.2 Å². The van der Waals surface area contributed by atoms with E-state index in [4.69, 9.17) is 4.18 Å². The van der Waals surface area contributed by atoms with E-state index in [1.165, 1.54) is 0 Å². The molecule has 0 fully saturated rings. The van der Waals surface area contributed by atoms with Crippen LogP contribution < -0.4 is 0 Å². The molecule has 2 aromatic heterocycles. The molecule has 2 aromatic rings. The average molecular weight is 366 g/mol. The van der Waals surface area contributed by atoms with Crippen LogP contribution in [0.15, 0.2) is 41.8 Å². The molecule has 2 heterocycles. The van der Waals surface area contributed by atoms with Crippen molar-refractivity contribution in [1.82, 2.24) is 19.7 Å². The second kappa shape index (κ2) is 7.45. The fraction of sp³-hybridized carbons (Fsp3) is 0.400. The lowest BCUT2D eigenvalue weighted by Crippen LogP contribution is -2.10. The standard InChI is InChI=1S/C15H18N4O3S2/c1-24(20,21)22-11-14-17-18-15(23-13-7-3-2-4-8-13)19(14)12-6-5-9-16-10-12/h3,5-7,9-10,13H,2,4,8,11H2,1H3. The summed E-state index contributed by atoms with van der Waals surface area (Å²) in [5.41, 5.74) is 0.775. The Morgan fingerprint density at radius 3 is 2.96 bits per heavy atom. The van der Waals surface area contributed by atoms with Crippen molar-refractivity contribution in [3.8, 4) is 5.69 Å². The van der Waals surface area contributed by atoms with Crippen molar-refractivity contribution in [2.24, 2.45) is 0 Å². The quantitative estimate of drug-likeness (QED) is 0.573. The lowest BCUT2D eigenvalue weighted by molar-refractivity contribution is 0.299. The first-order chi connectivity index (χ1) is 11.5. The zero-order valence-corrected chi connectivity index (χ0v) is 14.8. The van der Waals surface area contributed by atoms with Gasteiger partial charge >= 0.3 is 0 Å². The lowest BCUT2D eigenvalue weighted by atomic mass is 10.1. The Hall–Kier alpha value is -1.71. The maximum atomic E-state index is 11.3. The van der Waals surface area contributed by atoms with Crippen molar-refractivity contribution in [3.63, 3.8) is 0 Å². The van der Waals surface area contributed by atoms with Crippen molar-refractivity contribution in [2.75, 3.05) is 6.26 Å². The van der Waals surface area contributed by atoms with Crippen molar-refractivity contribution in [3.05, 3.63) is 42.5 Å². The van der Waals surface area contributed by atoms with E-state index < -0.39 is 10.1 Å². The van der Waals surface area contributed by atoms with Gasteiger partial charge < -0.3 is 0 Å². The Labute approximate surface area is 145 Å². The molecule has 0 saturated heterocycles. The number of hydrogen-bond acceptors (Lipinski definition) is 7. The molecule has 1 aliphatic rings. The first-order valence-corrected chi connectivity index (χ1v) is 10.2. The molecule has 128 valence electrons. The van der Waals surface area contributed by atoms with Crippen molar-refractivity contribution >= 4 is 21.9 Å². The summed E-state index contributed by atoms with van der Waals surface area (Å²) in [6.07, 6.45) is 12.1. The highest BCUT2D eigenvalue weighted by atomic mass is 32.2. The van der Waals surface area contributed by atoms with Gasteiger partial charge in [0.1, 0.15) is 6.61 Å². The highest BCUT2D eigenvalue weighted by Gasteiger charge is 2.20. The Morgan fingerprint density at radius 2 is 2.29 bits per heavy atom.